The van der Waals surface area contributed by atoms with E-state index in [0.717, 1.165) is 32.2 Å². The van der Waals surface area contributed by atoms with Crippen molar-refractivity contribution in [3.05, 3.63) is 0 Å². The third-order valence-electron chi connectivity index (χ3n) is 3.57. The first-order valence-corrected chi connectivity index (χ1v) is 10.1. The van der Waals surface area contributed by atoms with Gasteiger partial charge in [-0.15, -0.1) is 24.0 Å². The molecule has 5 nitrogen and oxygen atoms in total. The van der Waals surface area contributed by atoms with Gasteiger partial charge < -0.3 is 15.7 Å². The van der Waals surface area contributed by atoms with Crippen LogP contribution >= 0.6 is 24.0 Å². The van der Waals surface area contributed by atoms with Gasteiger partial charge in [0.2, 0.25) is 0 Å². The zero-order valence-corrected chi connectivity index (χ0v) is 19.4. The van der Waals surface area contributed by atoms with Crippen molar-refractivity contribution in [2.24, 2.45) is 4.99 Å². The summed E-state index contributed by atoms with van der Waals surface area (Å²) in [6.45, 7) is 13.9. The molecule has 0 aliphatic rings. The second kappa shape index (κ2) is 13.3. The van der Waals surface area contributed by atoms with Crippen molar-refractivity contribution < 1.29 is 9.32 Å². The molecule has 0 saturated carbocycles. The molecule has 24 heavy (non-hydrogen) atoms. The molecule has 0 rings (SSSR count). The van der Waals surface area contributed by atoms with E-state index in [1.54, 1.807) is 0 Å². The van der Waals surface area contributed by atoms with E-state index in [0.29, 0.717) is 24.8 Å². The number of nitrogens with zero attached hydrogens (tertiary/aromatic N) is 1. The first-order valence-electron chi connectivity index (χ1n) is 8.81. The van der Waals surface area contributed by atoms with Crippen LogP contribution < -0.4 is 10.6 Å². The largest absolute Gasteiger partial charge is 0.388 e. The van der Waals surface area contributed by atoms with Crippen molar-refractivity contribution in [1.82, 2.24) is 10.6 Å². The first kappa shape index (κ1) is 26.3. The molecule has 7 heteroatoms. The molecule has 0 spiro atoms. The molecule has 0 saturated heterocycles. The van der Waals surface area contributed by atoms with Gasteiger partial charge in [0.05, 0.1) is 12.1 Å². The number of hydrogen-bond donors (Lipinski definition) is 3. The Morgan fingerprint density at radius 2 is 1.62 bits per heavy atom. The Kier molecular flexibility index (Phi) is 14.6. The smallest absolute Gasteiger partial charge is 0.191 e. The number of rotatable bonds is 10. The minimum Gasteiger partial charge on any atom is -0.388 e. The van der Waals surface area contributed by atoms with Crippen molar-refractivity contribution >= 4 is 40.7 Å². The number of aliphatic hydroxyl groups is 1. The van der Waals surface area contributed by atoms with E-state index in [4.69, 9.17) is 0 Å². The highest BCUT2D eigenvalue weighted by molar-refractivity contribution is 14.0. The maximum absolute atomic E-state index is 12.1. The minimum atomic E-state index is -0.879. The van der Waals surface area contributed by atoms with E-state index in [-0.39, 0.29) is 28.7 Å². The fraction of sp³-hybridized carbons (Fsp3) is 0.941. The quantitative estimate of drug-likeness (QED) is 0.258. The summed E-state index contributed by atoms with van der Waals surface area (Å²) < 4.78 is 11.9. The fourth-order valence-electron chi connectivity index (χ4n) is 2.35. The topological polar surface area (TPSA) is 73.7 Å². The Hall–Kier alpha value is 0.110. The summed E-state index contributed by atoms with van der Waals surface area (Å²) in [5.74, 6) is 1.27. The lowest BCUT2D eigenvalue weighted by atomic mass is 9.93. The van der Waals surface area contributed by atoms with Crippen LogP contribution in [0.25, 0.3) is 0 Å². The Morgan fingerprint density at radius 1 is 1.08 bits per heavy atom. The highest BCUT2D eigenvalue weighted by atomic mass is 127. The summed E-state index contributed by atoms with van der Waals surface area (Å²) in [6, 6.07) is 0. The SMILES string of the molecule is CCCC(O)(CCC)CN=C(NCC)NCCS(=O)C(C)(C)C.I. The van der Waals surface area contributed by atoms with Crippen molar-refractivity contribution in [2.45, 2.75) is 77.6 Å². The predicted octanol–water partition coefficient (Wildman–Crippen LogP) is 3.04. The van der Waals surface area contributed by atoms with Crippen molar-refractivity contribution in [3.63, 3.8) is 0 Å². The predicted molar refractivity (Wildman–Crippen MR) is 117 cm³/mol. The molecule has 0 aromatic rings. The summed E-state index contributed by atoms with van der Waals surface area (Å²) >= 11 is 0. The van der Waals surface area contributed by atoms with Gasteiger partial charge in [0.1, 0.15) is 0 Å². The summed E-state index contributed by atoms with van der Waals surface area (Å²) in [5.41, 5.74) is -0.722. The standard InChI is InChI=1S/C17H37N3O2S.HI/c1-7-10-17(21,11-8-2)14-20-15(18-9-3)19-12-13-23(22)16(4,5)6;/h21H,7-14H2,1-6H3,(H2,18,19,20);1H. The molecule has 0 aliphatic heterocycles. The van der Waals surface area contributed by atoms with E-state index in [1.807, 2.05) is 27.7 Å². The van der Waals surface area contributed by atoms with E-state index < -0.39 is 16.4 Å². The molecule has 0 bridgehead atoms. The minimum absolute atomic E-state index is 0. The summed E-state index contributed by atoms with van der Waals surface area (Å²) in [5, 5.41) is 17.0. The van der Waals surface area contributed by atoms with Gasteiger partial charge in [-0.1, -0.05) is 26.7 Å². The number of guanidine groups is 1. The third-order valence-corrected chi connectivity index (χ3v) is 5.51. The van der Waals surface area contributed by atoms with Gasteiger partial charge in [-0.2, -0.15) is 0 Å². The van der Waals surface area contributed by atoms with Gasteiger partial charge in [0, 0.05) is 34.4 Å². The first-order chi connectivity index (χ1) is 10.7. The summed E-state index contributed by atoms with van der Waals surface area (Å²) in [6.07, 6.45) is 3.41. The number of halogens is 1. The van der Waals surface area contributed by atoms with Crippen LogP contribution in [0, 0.1) is 0 Å². The zero-order valence-electron chi connectivity index (χ0n) is 16.3. The van der Waals surface area contributed by atoms with Crippen LogP contribution in [-0.4, -0.2) is 51.0 Å². The van der Waals surface area contributed by atoms with Gasteiger partial charge in [0.15, 0.2) is 5.96 Å². The van der Waals surface area contributed by atoms with Crippen LogP contribution in [0.4, 0.5) is 0 Å². The van der Waals surface area contributed by atoms with Crippen LogP contribution in [0.1, 0.15) is 67.2 Å². The van der Waals surface area contributed by atoms with Gasteiger partial charge in [0.25, 0.3) is 0 Å². The molecule has 3 N–H and O–H groups in total. The summed E-state index contributed by atoms with van der Waals surface area (Å²) in [4.78, 5) is 4.53. The van der Waals surface area contributed by atoms with Gasteiger partial charge in [-0.3, -0.25) is 9.20 Å². The lowest BCUT2D eigenvalue weighted by Crippen LogP contribution is -2.42. The molecule has 0 radical (unpaired) electrons. The highest BCUT2D eigenvalue weighted by Gasteiger charge is 2.24. The summed E-state index contributed by atoms with van der Waals surface area (Å²) in [7, 11) is -0.879. The average molecular weight is 475 g/mol. The lowest BCUT2D eigenvalue weighted by molar-refractivity contribution is 0.0306. The van der Waals surface area contributed by atoms with Crippen molar-refractivity contribution in [3.8, 4) is 0 Å². The van der Waals surface area contributed by atoms with E-state index in [2.05, 4.69) is 29.5 Å². The molecule has 0 fully saturated rings. The van der Waals surface area contributed by atoms with Crippen LogP contribution in [0.3, 0.4) is 0 Å². The molecule has 0 aromatic carbocycles. The van der Waals surface area contributed by atoms with E-state index in [9.17, 15) is 9.32 Å². The van der Waals surface area contributed by atoms with Crippen LogP contribution in [0.15, 0.2) is 4.99 Å². The van der Waals surface area contributed by atoms with Gasteiger partial charge >= 0.3 is 0 Å². The third kappa shape index (κ3) is 11.6. The molecule has 0 heterocycles. The Bertz CT molecular complexity index is 379. The normalized spacial score (nSPS) is 14.0. The van der Waals surface area contributed by atoms with Crippen molar-refractivity contribution in [1.29, 1.82) is 0 Å². The number of aliphatic imine (C=N–C) groups is 1. The zero-order chi connectivity index (χ0) is 17.9. The maximum atomic E-state index is 12.1. The molecule has 1 unspecified atom stereocenters. The van der Waals surface area contributed by atoms with Crippen LogP contribution in [-0.2, 0) is 10.8 Å². The lowest BCUT2D eigenvalue weighted by Gasteiger charge is -2.26. The van der Waals surface area contributed by atoms with Crippen LogP contribution in [0.5, 0.6) is 0 Å². The van der Waals surface area contributed by atoms with Gasteiger partial charge in [-0.25, -0.2) is 0 Å². The number of hydrogen-bond acceptors (Lipinski definition) is 3. The second-order valence-corrected chi connectivity index (χ2v) is 9.33. The van der Waals surface area contributed by atoms with Gasteiger partial charge in [-0.05, 0) is 40.5 Å². The molecule has 0 aromatic heterocycles. The molecular weight excluding hydrogens is 437 g/mol. The van der Waals surface area contributed by atoms with E-state index >= 15 is 0 Å². The molecule has 146 valence electrons. The van der Waals surface area contributed by atoms with E-state index in [1.165, 1.54) is 0 Å². The Balaban J connectivity index is 0. The van der Waals surface area contributed by atoms with Crippen molar-refractivity contribution in [2.75, 3.05) is 25.4 Å². The highest BCUT2D eigenvalue weighted by Crippen LogP contribution is 2.19. The number of nitrogens with one attached hydrogen (secondary N) is 2. The monoisotopic (exact) mass is 475 g/mol. The molecular formula is C17H38IN3O2S. The average Bonchev–Trinajstić information content (AvgIpc) is 2.44. The molecule has 0 amide bonds. The maximum Gasteiger partial charge on any atom is 0.191 e. The fourth-order valence-corrected chi connectivity index (χ4v) is 3.25. The Labute approximate surface area is 168 Å². The molecule has 0 aliphatic carbocycles. The van der Waals surface area contributed by atoms with Crippen LogP contribution in [0.2, 0.25) is 0 Å². The Morgan fingerprint density at radius 3 is 2.04 bits per heavy atom. The second-order valence-electron chi connectivity index (χ2n) is 7.01. The molecule has 1 atom stereocenters.